The SMILES string of the molecule is COc1ccc(-c2csc(NC(=O)COC(=O)c3ccccc3SCC(=O)Nc3nc(-c4ccc(OC)cc4)cs3)n2)cc1. The maximum atomic E-state index is 12.8. The molecule has 13 heteroatoms. The molecule has 0 radical (unpaired) electrons. The van der Waals surface area contributed by atoms with Gasteiger partial charge in [0.15, 0.2) is 16.9 Å². The van der Waals surface area contributed by atoms with Gasteiger partial charge in [0.1, 0.15) is 11.5 Å². The van der Waals surface area contributed by atoms with Crippen molar-refractivity contribution in [3.63, 3.8) is 0 Å². The van der Waals surface area contributed by atoms with Crippen LogP contribution in [0.3, 0.4) is 0 Å². The molecule has 0 saturated carbocycles. The largest absolute Gasteiger partial charge is 0.497 e. The fourth-order valence-corrected chi connectivity index (χ4v) is 6.19. The highest BCUT2D eigenvalue weighted by Gasteiger charge is 2.17. The Bertz CT molecular complexity index is 1750. The maximum Gasteiger partial charge on any atom is 0.339 e. The predicted octanol–water partition coefficient (Wildman–Crippen LogP) is 6.48. The summed E-state index contributed by atoms with van der Waals surface area (Å²) in [7, 11) is 3.20. The van der Waals surface area contributed by atoms with Crippen LogP contribution in [0.4, 0.5) is 10.3 Å². The minimum Gasteiger partial charge on any atom is -0.497 e. The summed E-state index contributed by atoms with van der Waals surface area (Å²) >= 11 is 3.77. The molecule has 3 aromatic carbocycles. The topological polar surface area (TPSA) is 129 Å². The number of ether oxygens (including phenoxy) is 3. The van der Waals surface area contributed by atoms with Gasteiger partial charge < -0.3 is 19.5 Å². The third-order valence-corrected chi connectivity index (χ3v) is 8.66. The first-order chi connectivity index (χ1) is 21.4. The van der Waals surface area contributed by atoms with Crippen molar-refractivity contribution in [3.05, 3.63) is 89.1 Å². The number of hydrogen-bond donors (Lipinski definition) is 2. The average molecular weight is 647 g/mol. The van der Waals surface area contributed by atoms with Gasteiger partial charge in [0.25, 0.3) is 5.91 Å². The van der Waals surface area contributed by atoms with Crippen molar-refractivity contribution in [2.75, 3.05) is 37.2 Å². The Morgan fingerprint density at radius 2 is 1.25 bits per heavy atom. The Morgan fingerprint density at radius 3 is 1.80 bits per heavy atom. The second-order valence-corrected chi connectivity index (χ2v) is 11.7. The number of carbonyl (C=O) groups is 3. The number of nitrogens with one attached hydrogen (secondary N) is 2. The predicted molar refractivity (Wildman–Crippen MR) is 173 cm³/mol. The van der Waals surface area contributed by atoms with E-state index in [9.17, 15) is 14.4 Å². The highest BCUT2D eigenvalue weighted by Crippen LogP contribution is 2.29. The summed E-state index contributed by atoms with van der Waals surface area (Å²) < 4.78 is 15.6. The molecule has 224 valence electrons. The zero-order valence-electron chi connectivity index (χ0n) is 23.6. The second-order valence-electron chi connectivity index (χ2n) is 8.99. The number of esters is 1. The van der Waals surface area contributed by atoms with E-state index in [4.69, 9.17) is 14.2 Å². The minimum absolute atomic E-state index is 0.0444. The van der Waals surface area contributed by atoms with Gasteiger partial charge in [-0.25, -0.2) is 14.8 Å². The van der Waals surface area contributed by atoms with Gasteiger partial charge in [0.05, 0.1) is 36.9 Å². The zero-order valence-corrected chi connectivity index (χ0v) is 26.0. The molecule has 0 aliphatic heterocycles. The van der Waals surface area contributed by atoms with Crippen LogP contribution in [-0.2, 0) is 14.3 Å². The fraction of sp³-hybridized carbons (Fsp3) is 0.129. The van der Waals surface area contributed by atoms with Crippen LogP contribution in [0.5, 0.6) is 11.5 Å². The van der Waals surface area contributed by atoms with E-state index in [1.165, 1.54) is 34.4 Å². The molecule has 2 N–H and O–H groups in total. The molecule has 0 unspecified atom stereocenters. The summed E-state index contributed by atoms with van der Waals surface area (Å²) in [4.78, 5) is 47.4. The number of nitrogens with zero attached hydrogens (tertiary/aromatic N) is 2. The van der Waals surface area contributed by atoms with Gasteiger partial charge in [-0.1, -0.05) is 12.1 Å². The van der Waals surface area contributed by atoms with Crippen LogP contribution in [0.1, 0.15) is 10.4 Å². The van der Waals surface area contributed by atoms with Crippen molar-refractivity contribution in [1.29, 1.82) is 0 Å². The normalized spacial score (nSPS) is 10.6. The Balaban J connectivity index is 1.10. The van der Waals surface area contributed by atoms with Crippen molar-refractivity contribution >= 4 is 62.5 Å². The van der Waals surface area contributed by atoms with Crippen LogP contribution in [0.2, 0.25) is 0 Å². The van der Waals surface area contributed by atoms with E-state index in [1.54, 1.807) is 38.5 Å². The van der Waals surface area contributed by atoms with Gasteiger partial charge in [0.2, 0.25) is 5.91 Å². The zero-order chi connectivity index (χ0) is 30.9. The van der Waals surface area contributed by atoms with Gasteiger partial charge in [-0.3, -0.25) is 14.9 Å². The Hall–Kier alpha value is -4.72. The lowest BCUT2D eigenvalue weighted by molar-refractivity contribution is -0.119. The van der Waals surface area contributed by atoms with Crippen LogP contribution in [0, 0.1) is 0 Å². The average Bonchev–Trinajstić information content (AvgIpc) is 3.73. The molecular weight excluding hydrogens is 621 g/mol. The lowest BCUT2D eigenvalue weighted by Gasteiger charge is -2.09. The van der Waals surface area contributed by atoms with Crippen LogP contribution >= 0.6 is 34.4 Å². The number of methoxy groups -OCH3 is 2. The Morgan fingerprint density at radius 1 is 0.727 bits per heavy atom. The van der Waals surface area contributed by atoms with Gasteiger partial charge in [-0.2, -0.15) is 0 Å². The van der Waals surface area contributed by atoms with E-state index in [0.717, 1.165) is 28.3 Å². The lowest BCUT2D eigenvalue weighted by Crippen LogP contribution is -2.21. The van der Waals surface area contributed by atoms with Crippen molar-refractivity contribution in [1.82, 2.24) is 9.97 Å². The molecule has 5 rings (SSSR count). The van der Waals surface area contributed by atoms with Gasteiger partial charge in [0, 0.05) is 26.8 Å². The molecule has 0 saturated heterocycles. The van der Waals surface area contributed by atoms with E-state index in [0.29, 0.717) is 20.9 Å². The number of amides is 2. The molecule has 0 bridgehead atoms. The summed E-state index contributed by atoms with van der Waals surface area (Å²) in [6.07, 6.45) is 0. The number of aromatic nitrogens is 2. The summed E-state index contributed by atoms with van der Waals surface area (Å²) in [5.74, 6) is 0.0609. The van der Waals surface area contributed by atoms with Crippen LogP contribution in [0.15, 0.2) is 88.5 Å². The van der Waals surface area contributed by atoms with Gasteiger partial charge in [-0.05, 0) is 60.7 Å². The summed E-state index contributed by atoms with van der Waals surface area (Å²) in [5, 5.41) is 9.99. The first-order valence-corrected chi connectivity index (χ1v) is 15.8. The number of hydrogen-bond acceptors (Lipinski definition) is 11. The molecule has 0 aliphatic rings. The minimum atomic E-state index is -0.675. The summed E-state index contributed by atoms with van der Waals surface area (Å²) in [6.45, 7) is -0.490. The third-order valence-electron chi connectivity index (χ3n) is 6.07. The fourth-order valence-electron chi connectivity index (χ4n) is 3.88. The summed E-state index contributed by atoms with van der Waals surface area (Å²) in [5.41, 5.74) is 3.48. The number of benzene rings is 3. The van der Waals surface area contributed by atoms with E-state index in [1.807, 2.05) is 59.3 Å². The molecule has 44 heavy (non-hydrogen) atoms. The highest BCUT2D eigenvalue weighted by atomic mass is 32.2. The number of anilines is 2. The van der Waals surface area contributed by atoms with Crippen LogP contribution < -0.4 is 20.1 Å². The number of thiazole rings is 2. The second kappa shape index (κ2) is 14.6. The molecule has 2 aromatic heterocycles. The Labute approximate surface area is 265 Å². The van der Waals surface area contributed by atoms with Crippen molar-refractivity contribution in [2.45, 2.75) is 4.90 Å². The van der Waals surface area contributed by atoms with Crippen LogP contribution in [0.25, 0.3) is 22.5 Å². The Kier molecular flexibility index (Phi) is 10.2. The molecule has 0 spiro atoms. The maximum absolute atomic E-state index is 12.8. The third kappa shape index (κ3) is 8.01. The number of rotatable bonds is 12. The van der Waals surface area contributed by atoms with Gasteiger partial charge in [-0.15, -0.1) is 34.4 Å². The first-order valence-electron chi connectivity index (χ1n) is 13.1. The summed E-state index contributed by atoms with van der Waals surface area (Å²) in [6, 6.07) is 21.6. The molecular formula is C31H26N4O6S3. The van der Waals surface area contributed by atoms with E-state index < -0.39 is 18.5 Å². The van der Waals surface area contributed by atoms with Crippen molar-refractivity contribution in [2.24, 2.45) is 0 Å². The first kappa shape index (κ1) is 30.7. The van der Waals surface area contributed by atoms with E-state index in [-0.39, 0.29) is 17.2 Å². The standard InChI is InChI=1S/C31H26N4O6S3/c1-39-21-11-7-19(8-12-21)24-16-43-30(32-24)34-27(36)15-41-29(38)23-5-3-4-6-26(23)42-18-28(37)35-31-33-25(17-44-31)20-9-13-22(40-2)14-10-20/h3-14,16-17H,15,18H2,1-2H3,(H,32,34,36)(H,33,35,37). The monoisotopic (exact) mass is 646 g/mol. The van der Waals surface area contributed by atoms with E-state index >= 15 is 0 Å². The van der Waals surface area contributed by atoms with Crippen molar-refractivity contribution in [3.8, 4) is 34.0 Å². The molecule has 0 atom stereocenters. The molecule has 10 nitrogen and oxygen atoms in total. The number of thioether (sulfide) groups is 1. The highest BCUT2D eigenvalue weighted by molar-refractivity contribution is 8.00. The van der Waals surface area contributed by atoms with Crippen molar-refractivity contribution < 1.29 is 28.6 Å². The number of carbonyl (C=O) groups excluding carboxylic acids is 3. The molecule has 2 heterocycles. The van der Waals surface area contributed by atoms with E-state index in [2.05, 4.69) is 20.6 Å². The lowest BCUT2D eigenvalue weighted by atomic mass is 10.2. The molecule has 2 amide bonds. The quantitative estimate of drug-likeness (QED) is 0.116. The molecule has 0 aliphatic carbocycles. The smallest absolute Gasteiger partial charge is 0.339 e. The van der Waals surface area contributed by atoms with Crippen LogP contribution in [-0.4, -0.2) is 54.3 Å². The molecule has 0 fully saturated rings. The van der Waals surface area contributed by atoms with Gasteiger partial charge >= 0.3 is 5.97 Å². The molecule has 5 aromatic rings.